The molecule has 0 heterocycles. The molecule has 138 valence electrons. The largest absolute Gasteiger partial charge is 0.497 e. The molecule has 6 nitrogen and oxygen atoms in total. The van der Waals surface area contributed by atoms with E-state index in [1.54, 1.807) is 32.4 Å². The Balaban J connectivity index is 2.81. The number of nitrogens with one attached hydrogen (secondary N) is 1. The average Bonchev–Trinajstić information content (AvgIpc) is 2.55. The number of nitrogens with zero attached hydrogens (tertiary/aromatic N) is 1. The van der Waals surface area contributed by atoms with Crippen LogP contribution in [0.15, 0.2) is 24.3 Å². The number of benzene rings is 1. The molecular formula is C19H28N2O4. The zero-order valence-corrected chi connectivity index (χ0v) is 15.9. The summed E-state index contributed by atoms with van der Waals surface area (Å²) in [5.74, 6) is 0.869. The summed E-state index contributed by atoms with van der Waals surface area (Å²) in [7, 11) is 3.14. The van der Waals surface area contributed by atoms with Gasteiger partial charge in [0.2, 0.25) is 11.8 Å². The number of methoxy groups -OCH3 is 2. The van der Waals surface area contributed by atoms with Crippen LogP contribution in [0, 0.1) is 0 Å². The molecule has 0 aliphatic heterocycles. The molecule has 0 spiro atoms. The van der Waals surface area contributed by atoms with Crippen LogP contribution in [0.25, 0.3) is 6.08 Å². The zero-order chi connectivity index (χ0) is 19.0. The minimum atomic E-state index is -0.328. The topological polar surface area (TPSA) is 67.9 Å². The fourth-order valence-electron chi connectivity index (χ4n) is 2.20. The Hall–Kier alpha value is -2.50. The normalized spacial score (nSPS) is 11.3. The first kappa shape index (κ1) is 20.5. The summed E-state index contributed by atoms with van der Waals surface area (Å²) in [6.07, 6.45) is 3.11. The van der Waals surface area contributed by atoms with Crippen molar-refractivity contribution in [2.45, 2.75) is 33.2 Å². The van der Waals surface area contributed by atoms with Crippen LogP contribution >= 0.6 is 0 Å². The fraction of sp³-hybridized carbons (Fsp3) is 0.474. The number of hydrogen-bond donors (Lipinski definition) is 1. The number of ether oxygens (including phenoxy) is 2. The van der Waals surface area contributed by atoms with E-state index in [1.807, 2.05) is 33.8 Å². The Bertz CT molecular complexity index is 633. The highest BCUT2D eigenvalue weighted by Gasteiger charge is 2.18. The summed E-state index contributed by atoms with van der Waals surface area (Å²) in [6, 6.07) is 5.35. The zero-order valence-electron chi connectivity index (χ0n) is 15.9. The second kappa shape index (κ2) is 9.11. The molecule has 1 aromatic carbocycles. The van der Waals surface area contributed by atoms with Crippen molar-refractivity contribution in [3.8, 4) is 11.5 Å². The van der Waals surface area contributed by atoms with E-state index in [4.69, 9.17) is 9.47 Å². The molecule has 0 aromatic heterocycles. The van der Waals surface area contributed by atoms with Crippen molar-refractivity contribution < 1.29 is 19.1 Å². The first-order valence-electron chi connectivity index (χ1n) is 8.20. The lowest BCUT2D eigenvalue weighted by Crippen LogP contribution is -2.47. The minimum absolute atomic E-state index is 0.0245. The van der Waals surface area contributed by atoms with Crippen LogP contribution < -0.4 is 14.8 Å². The first-order chi connectivity index (χ1) is 11.7. The highest BCUT2D eigenvalue weighted by atomic mass is 16.5. The van der Waals surface area contributed by atoms with Gasteiger partial charge in [0.1, 0.15) is 11.5 Å². The Morgan fingerprint density at radius 2 is 1.88 bits per heavy atom. The monoisotopic (exact) mass is 348 g/mol. The predicted octanol–water partition coefficient (Wildman–Crippen LogP) is 2.48. The van der Waals surface area contributed by atoms with Gasteiger partial charge in [-0.15, -0.1) is 0 Å². The minimum Gasteiger partial charge on any atom is -0.497 e. The van der Waals surface area contributed by atoms with Crippen molar-refractivity contribution in [1.82, 2.24) is 10.2 Å². The van der Waals surface area contributed by atoms with Crippen molar-refractivity contribution in [2.24, 2.45) is 0 Å². The van der Waals surface area contributed by atoms with Gasteiger partial charge in [-0.2, -0.15) is 0 Å². The molecule has 6 heteroatoms. The molecule has 0 fully saturated rings. The Morgan fingerprint density at radius 1 is 1.20 bits per heavy atom. The van der Waals surface area contributed by atoms with E-state index in [9.17, 15) is 9.59 Å². The Kier molecular flexibility index (Phi) is 7.48. The second-order valence-corrected chi connectivity index (χ2v) is 6.59. The highest BCUT2D eigenvalue weighted by molar-refractivity contribution is 5.94. The van der Waals surface area contributed by atoms with Crippen molar-refractivity contribution in [3.05, 3.63) is 29.8 Å². The molecule has 1 aromatic rings. The summed E-state index contributed by atoms with van der Waals surface area (Å²) in [4.78, 5) is 25.9. The third-order valence-electron chi connectivity index (χ3n) is 3.39. The maximum absolute atomic E-state index is 12.4. The van der Waals surface area contributed by atoms with Crippen molar-refractivity contribution >= 4 is 17.9 Å². The second-order valence-electron chi connectivity index (χ2n) is 6.59. The molecule has 0 saturated heterocycles. The molecular weight excluding hydrogens is 320 g/mol. The van der Waals surface area contributed by atoms with Gasteiger partial charge >= 0.3 is 0 Å². The molecule has 2 amide bonds. The molecule has 0 atom stereocenters. The van der Waals surface area contributed by atoms with Crippen LogP contribution in [0.4, 0.5) is 0 Å². The van der Waals surface area contributed by atoms with E-state index >= 15 is 0 Å². The number of carbonyl (C=O) groups excluding carboxylic acids is 2. The highest BCUT2D eigenvalue weighted by Crippen LogP contribution is 2.25. The van der Waals surface area contributed by atoms with Gasteiger partial charge in [0, 0.05) is 29.8 Å². The van der Waals surface area contributed by atoms with Gasteiger partial charge in [-0.3, -0.25) is 9.59 Å². The van der Waals surface area contributed by atoms with E-state index in [0.717, 1.165) is 5.56 Å². The molecule has 25 heavy (non-hydrogen) atoms. The van der Waals surface area contributed by atoms with Gasteiger partial charge < -0.3 is 19.7 Å². The number of likely N-dealkylation sites (N-methyl/N-ethyl adjacent to an activating group) is 1. The van der Waals surface area contributed by atoms with Crippen LogP contribution in [0.1, 0.15) is 33.3 Å². The predicted molar refractivity (Wildman–Crippen MR) is 98.7 cm³/mol. The summed E-state index contributed by atoms with van der Waals surface area (Å²) in [6.45, 7) is 8.01. The van der Waals surface area contributed by atoms with Gasteiger partial charge in [0.15, 0.2) is 0 Å². The van der Waals surface area contributed by atoms with Crippen LogP contribution in [0.3, 0.4) is 0 Å². The molecule has 0 aliphatic rings. The van der Waals surface area contributed by atoms with Gasteiger partial charge in [-0.05, 0) is 45.9 Å². The van der Waals surface area contributed by atoms with E-state index in [0.29, 0.717) is 18.0 Å². The molecule has 0 bridgehead atoms. The number of carbonyl (C=O) groups is 2. The fourth-order valence-corrected chi connectivity index (χ4v) is 2.20. The lowest BCUT2D eigenvalue weighted by atomic mass is 10.1. The molecule has 0 radical (unpaired) electrons. The van der Waals surface area contributed by atoms with E-state index in [2.05, 4.69) is 5.32 Å². The molecule has 1 rings (SSSR count). The number of amides is 2. The maximum Gasteiger partial charge on any atom is 0.247 e. The van der Waals surface area contributed by atoms with Crippen LogP contribution in [0.5, 0.6) is 11.5 Å². The number of rotatable bonds is 7. The van der Waals surface area contributed by atoms with Crippen LogP contribution in [-0.2, 0) is 9.59 Å². The lowest BCUT2D eigenvalue weighted by Gasteiger charge is -2.24. The molecule has 0 saturated carbocycles. The quantitative estimate of drug-likeness (QED) is 0.769. The van der Waals surface area contributed by atoms with Crippen LogP contribution in [-0.4, -0.2) is 49.6 Å². The van der Waals surface area contributed by atoms with Crippen molar-refractivity contribution in [3.63, 3.8) is 0 Å². The molecule has 1 N–H and O–H groups in total. The van der Waals surface area contributed by atoms with Crippen molar-refractivity contribution in [1.29, 1.82) is 0 Å². The third kappa shape index (κ3) is 6.87. The summed E-state index contributed by atoms with van der Waals surface area (Å²) < 4.78 is 10.5. The standard InChI is InChI=1S/C19H28N2O4/c1-7-21(13-17(22)20-19(2,3)4)18(23)11-9-14-8-10-15(24-5)12-16(14)25-6/h8-12H,7,13H2,1-6H3,(H,20,22)/b11-9+. The average molecular weight is 348 g/mol. The summed E-state index contributed by atoms with van der Waals surface area (Å²) in [5.41, 5.74) is 0.429. The van der Waals surface area contributed by atoms with E-state index in [-0.39, 0.29) is 23.9 Å². The molecule has 0 unspecified atom stereocenters. The summed E-state index contributed by atoms with van der Waals surface area (Å²) in [5, 5.41) is 2.85. The maximum atomic E-state index is 12.4. The van der Waals surface area contributed by atoms with Crippen molar-refractivity contribution in [2.75, 3.05) is 27.3 Å². The van der Waals surface area contributed by atoms with Gasteiger partial charge in [0.25, 0.3) is 0 Å². The van der Waals surface area contributed by atoms with Gasteiger partial charge in [0.05, 0.1) is 20.8 Å². The smallest absolute Gasteiger partial charge is 0.247 e. The van der Waals surface area contributed by atoms with Crippen LogP contribution in [0.2, 0.25) is 0 Å². The summed E-state index contributed by atoms with van der Waals surface area (Å²) >= 11 is 0. The Labute approximate surface area is 149 Å². The SMILES string of the molecule is CCN(CC(=O)NC(C)(C)C)C(=O)/C=C/c1ccc(OC)cc1OC. The van der Waals surface area contributed by atoms with E-state index < -0.39 is 0 Å². The van der Waals surface area contributed by atoms with Gasteiger partial charge in [-0.25, -0.2) is 0 Å². The Morgan fingerprint density at radius 3 is 2.40 bits per heavy atom. The first-order valence-corrected chi connectivity index (χ1v) is 8.20. The molecule has 0 aliphatic carbocycles. The third-order valence-corrected chi connectivity index (χ3v) is 3.39. The number of hydrogen-bond acceptors (Lipinski definition) is 4. The van der Waals surface area contributed by atoms with E-state index in [1.165, 1.54) is 11.0 Å². The lowest BCUT2D eigenvalue weighted by molar-refractivity contribution is -0.132. The van der Waals surface area contributed by atoms with Gasteiger partial charge in [-0.1, -0.05) is 0 Å².